The van der Waals surface area contributed by atoms with Gasteiger partial charge >= 0.3 is 0 Å². The maximum absolute atomic E-state index is 13.3. The summed E-state index contributed by atoms with van der Waals surface area (Å²) in [6, 6.07) is 12.0. The summed E-state index contributed by atoms with van der Waals surface area (Å²) in [5, 5.41) is 3.13. The van der Waals surface area contributed by atoms with Crippen molar-refractivity contribution in [2.45, 2.75) is 51.4 Å². The average molecular weight is 338 g/mol. The Balaban J connectivity index is 1.93. The van der Waals surface area contributed by atoms with Gasteiger partial charge < -0.3 is 10.1 Å². The average Bonchev–Trinajstić information content (AvgIpc) is 2.63. The second kappa shape index (κ2) is 7.26. The van der Waals surface area contributed by atoms with Crippen molar-refractivity contribution in [1.82, 2.24) is 4.98 Å². The largest absolute Gasteiger partial charge is 0.481 e. The van der Waals surface area contributed by atoms with Crippen LogP contribution in [0.25, 0.3) is 0 Å². The number of nitrogens with one attached hydrogen (secondary N) is 1. The number of rotatable bonds is 4. The van der Waals surface area contributed by atoms with Crippen LogP contribution >= 0.6 is 0 Å². The number of hydrogen-bond acceptors (Lipinski definition) is 3. The first-order valence-corrected chi connectivity index (χ1v) is 8.95. The maximum atomic E-state index is 13.3. The van der Waals surface area contributed by atoms with Gasteiger partial charge in [0, 0.05) is 6.07 Å². The molecule has 0 saturated heterocycles. The zero-order valence-corrected chi connectivity index (χ0v) is 15.3. The predicted molar refractivity (Wildman–Crippen MR) is 100 cm³/mol. The van der Waals surface area contributed by atoms with Crippen LogP contribution in [-0.4, -0.2) is 18.0 Å². The fourth-order valence-electron chi connectivity index (χ4n) is 3.77. The molecule has 132 valence electrons. The molecule has 4 nitrogen and oxygen atoms in total. The highest BCUT2D eigenvalue weighted by Gasteiger charge is 2.41. The molecular formula is C21H26N2O2. The van der Waals surface area contributed by atoms with Crippen LogP contribution < -0.4 is 10.1 Å². The Kier molecular flexibility index (Phi) is 5.07. The highest BCUT2D eigenvalue weighted by molar-refractivity contribution is 5.99. The van der Waals surface area contributed by atoms with Gasteiger partial charge in [0.1, 0.15) is 0 Å². The zero-order valence-electron chi connectivity index (χ0n) is 15.3. The van der Waals surface area contributed by atoms with E-state index in [0.29, 0.717) is 5.88 Å². The third-order valence-corrected chi connectivity index (χ3v) is 5.23. The molecule has 0 spiro atoms. The number of anilines is 1. The molecule has 25 heavy (non-hydrogen) atoms. The Morgan fingerprint density at radius 2 is 1.88 bits per heavy atom. The summed E-state index contributed by atoms with van der Waals surface area (Å²) in [6.45, 7) is 3.97. The Morgan fingerprint density at radius 3 is 2.52 bits per heavy atom. The first kappa shape index (κ1) is 17.5. The van der Waals surface area contributed by atoms with Crippen LogP contribution in [0.3, 0.4) is 0 Å². The molecule has 4 heteroatoms. The van der Waals surface area contributed by atoms with Crippen LogP contribution in [0.4, 0.5) is 5.69 Å². The van der Waals surface area contributed by atoms with Crippen molar-refractivity contribution < 1.29 is 9.53 Å². The number of nitrogens with zero attached hydrogens (tertiary/aromatic N) is 1. The molecule has 0 unspecified atom stereocenters. The van der Waals surface area contributed by atoms with Gasteiger partial charge in [0.15, 0.2) is 0 Å². The highest BCUT2D eigenvalue weighted by Crippen LogP contribution is 2.41. The monoisotopic (exact) mass is 338 g/mol. The minimum atomic E-state index is -0.448. The lowest BCUT2D eigenvalue weighted by Crippen LogP contribution is -2.42. The molecule has 1 amide bonds. The summed E-state index contributed by atoms with van der Waals surface area (Å²) in [6.07, 6.45) is 5.15. The topological polar surface area (TPSA) is 51.2 Å². The zero-order chi connectivity index (χ0) is 17.9. The van der Waals surface area contributed by atoms with Crippen molar-refractivity contribution >= 4 is 11.6 Å². The Bertz CT molecular complexity index is 764. The molecule has 1 saturated carbocycles. The van der Waals surface area contributed by atoms with E-state index >= 15 is 0 Å². The second-order valence-electron chi connectivity index (χ2n) is 6.95. The van der Waals surface area contributed by atoms with Gasteiger partial charge in [-0.15, -0.1) is 0 Å². The van der Waals surface area contributed by atoms with Crippen molar-refractivity contribution in [3.63, 3.8) is 0 Å². The van der Waals surface area contributed by atoms with Crippen LogP contribution in [-0.2, 0) is 10.2 Å². The van der Waals surface area contributed by atoms with Crippen LogP contribution in [0.1, 0.15) is 48.9 Å². The van der Waals surface area contributed by atoms with E-state index in [2.05, 4.69) is 41.5 Å². The lowest BCUT2D eigenvalue weighted by Gasteiger charge is -2.36. The molecule has 1 fully saturated rings. The third kappa shape index (κ3) is 3.53. The Hall–Kier alpha value is -2.36. The van der Waals surface area contributed by atoms with E-state index in [0.717, 1.165) is 42.6 Å². The number of methoxy groups -OCH3 is 1. The predicted octanol–water partition coefficient (Wildman–Crippen LogP) is 4.55. The molecule has 0 aliphatic heterocycles. The van der Waals surface area contributed by atoms with Crippen molar-refractivity contribution in [3.05, 3.63) is 53.2 Å². The third-order valence-electron chi connectivity index (χ3n) is 5.23. The van der Waals surface area contributed by atoms with Gasteiger partial charge in [-0.3, -0.25) is 4.79 Å². The molecule has 1 N–H and O–H groups in total. The second-order valence-corrected chi connectivity index (χ2v) is 6.95. The lowest BCUT2D eigenvalue weighted by molar-refractivity contribution is -0.122. The van der Waals surface area contributed by atoms with Gasteiger partial charge in [0.2, 0.25) is 11.8 Å². The molecule has 0 atom stereocenters. The van der Waals surface area contributed by atoms with Gasteiger partial charge in [-0.2, -0.15) is 0 Å². The van der Waals surface area contributed by atoms with Crippen LogP contribution in [0.5, 0.6) is 5.88 Å². The van der Waals surface area contributed by atoms with E-state index < -0.39 is 5.41 Å². The summed E-state index contributed by atoms with van der Waals surface area (Å²) < 4.78 is 5.15. The lowest BCUT2D eigenvalue weighted by atomic mass is 9.68. The minimum absolute atomic E-state index is 0.0767. The van der Waals surface area contributed by atoms with E-state index in [9.17, 15) is 4.79 Å². The van der Waals surface area contributed by atoms with Crippen molar-refractivity contribution in [3.8, 4) is 5.88 Å². The van der Waals surface area contributed by atoms with Gasteiger partial charge in [0.05, 0.1) is 23.9 Å². The van der Waals surface area contributed by atoms with Crippen molar-refractivity contribution in [2.75, 3.05) is 12.4 Å². The Labute approximate surface area is 149 Å². The maximum Gasteiger partial charge on any atom is 0.235 e. The van der Waals surface area contributed by atoms with Gasteiger partial charge in [0.25, 0.3) is 0 Å². The van der Waals surface area contributed by atoms with E-state index in [1.807, 2.05) is 13.0 Å². The molecule has 0 radical (unpaired) electrons. The molecular weight excluding hydrogens is 312 g/mol. The number of pyridine rings is 1. The standard InChI is InChI=1S/C21H26N2O2/c1-15-8-7-9-17(14-15)21(12-5-4-6-13-21)20(24)23-18-10-11-19(25-3)22-16(18)2/h7-11,14H,4-6,12-13H2,1-3H3,(H,23,24). The van der Waals surface area contributed by atoms with E-state index in [1.54, 1.807) is 13.2 Å². The summed E-state index contributed by atoms with van der Waals surface area (Å²) in [5.74, 6) is 0.634. The van der Waals surface area contributed by atoms with E-state index in [4.69, 9.17) is 4.74 Å². The molecule has 1 aromatic heterocycles. The van der Waals surface area contributed by atoms with E-state index in [-0.39, 0.29) is 5.91 Å². The molecule has 0 bridgehead atoms. The van der Waals surface area contributed by atoms with Gasteiger partial charge in [-0.1, -0.05) is 49.1 Å². The number of aryl methyl sites for hydroxylation is 2. The molecule has 1 aromatic carbocycles. The quantitative estimate of drug-likeness (QED) is 0.890. The van der Waals surface area contributed by atoms with Gasteiger partial charge in [-0.05, 0) is 38.3 Å². The first-order valence-electron chi connectivity index (χ1n) is 8.95. The first-order chi connectivity index (χ1) is 12.0. The number of ether oxygens (including phenoxy) is 1. The molecule has 1 aliphatic carbocycles. The fraction of sp³-hybridized carbons (Fsp3) is 0.429. The smallest absolute Gasteiger partial charge is 0.235 e. The summed E-state index contributed by atoms with van der Waals surface area (Å²) >= 11 is 0. The van der Waals surface area contributed by atoms with E-state index in [1.165, 1.54) is 12.0 Å². The fourth-order valence-corrected chi connectivity index (χ4v) is 3.77. The number of carbonyl (C=O) groups is 1. The number of hydrogen-bond donors (Lipinski definition) is 1. The molecule has 1 heterocycles. The summed E-state index contributed by atoms with van der Waals surface area (Å²) in [5.41, 5.74) is 3.39. The summed E-state index contributed by atoms with van der Waals surface area (Å²) in [7, 11) is 1.59. The SMILES string of the molecule is COc1ccc(NC(=O)C2(c3cccc(C)c3)CCCCC2)c(C)n1. The minimum Gasteiger partial charge on any atom is -0.481 e. The number of aromatic nitrogens is 1. The number of carbonyl (C=O) groups excluding carboxylic acids is 1. The molecule has 1 aliphatic rings. The summed E-state index contributed by atoms with van der Waals surface area (Å²) in [4.78, 5) is 17.7. The Morgan fingerprint density at radius 1 is 1.12 bits per heavy atom. The van der Waals surface area contributed by atoms with Crippen molar-refractivity contribution in [1.29, 1.82) is 0 Å². The number of amides is 1. The van der Waals surface area contributed by atoms with Crippen LogP contribution in [0.2, 0.25) is 0 Å². The van der Waals surface area contributed by atoms with Gasteiger partial charge in [-0.25, -0.2) is 4.98 Å². The molecule has 3 rings (SSSR count). The van der Waals surface area contributed by atoms with Crippen molar-refractivity contribution in [2.24, 2.45) is 0 Å². The number of benzene rings is 1. The van der Waals surface area contributed by atoms with Crippen LogP contribution in [0, 0.1) is 13.8 Å². The van der Waals surface area contributed by atoms with Crippen LogP contribution in [0.15, 0.2) is 36.4 Å². The normalized spacial score (nSPS) is 16.3. The molecule has 2 aromatic rings. The highest BCUT2D eigenvalue weighted by atomic mass is 16.5.